The lowest BCUT2D eigenvalue weighted by molar-refractivity contribution is 0.354. The van der Waals surface area contributed by atoms with Gasteiger partial charge in [-0.2, -0.15) is 4.98 Å². The molecule has 1 fully saturated rings. The van der Waals surface area contributed by atoms with Crippen molar-refractivity contribution in [3.05, 3.63) is 12.2 Å². The zero-order chi connectivity index (χ0) is 7.90. The Bertz CT molecular complexity index is 243. The molecule has 2 N–H and O–H groups in total. The Hall–Kier alpha value is -0.610. The van der Waals surface area contributed by atoms with Gasteiger partial charge in [0.15, 0.2) is 5.82 Å². The summed E-state index contributed by atoms with van der Waals surface area (Å²) in [6, 6.07) is 0. The van der Waals surface area contributed by atoms with Gasteiger partial charge < -0.3 is 10.3 Å². The van der Waals surface area contributed by atoms with Crippen molar-refractivity contribution in [1.82, 2.24) is 10.1 Å². The van der Waals surface area contributed by atoms with Gasteiger partial charge in [-0.05, 0) is 25.7 Å². The first-order valence-electron chi connectivity index (χ1n) is 3.77. The van der Waals surface area contributed by atoms with Crippen molar-refractivity contribution in [2.24, 2.45) is 11.7 Å². The predicted octanol–water partition coefficient (Wildman–Crippen LogP) is 1.08. The Balaban J connectivity index is 0.000000720. The summed E-state index contributed by atoms with van der Waals surface area (Å²) in [4.78, 5) is 3.95. The number of halogens is 1. The SMILES string of the molecule is CC(N)(c1ncon1)C1CC1.Cl. The Morgan fingerprint density at radius 1 is 1.67 bits per heavy atom. The van der Waals surface area contributed by atoms with Crippen LogP contribution in [0, 0.1) is 5.92 Å². The van der Waals surface area contributed by atoms with Crippen LogP contribution in [0.5, 0.6) is 0 Å². The average molecular weight is 190 g/mol. The highest BCUT2D eigenvalue weighted by atomic mass is 35.5. The van der Waals surface area contributed by atoms with Gasteiger partial charge in [0.2, 0.25) is 6.39 Å². The van der Waals surface area contributed by atoms with Gasteiger partial charge in [0, 0.05) is 0 Å². The third kappa shape index (κ3) is 1.44. The first-order valence-corrected chi connectivity index (χ1v) is 3.77. The monoisotopic (exact) mass is 189 g/mol. The summed E-state index contributed by atoms with van der Waals surface area (Å²) in [5.41, 5.74) is 5.62. The van der Waals surface area contributed by atoms with E-state index in [-0.39, 0.29) is 17.9 Å². The van der Waals surface area contributed by atoms with Gasteiger partial charge in [0.1, 0.15) is 0 Å². The van der Waals surface area contributed by atoms with E-state index >= 15 is 0 Å². The molecule has 0 spiro atoms. The molecule has 1 aliphatic rings. The third-order valence-electron chi connectivity index (χ3n) is 2.27. The molecule has 68 valence electrons. The van der Waals surface area contributed by atoms with Gasteiger partial charge in [-0.3, -0.25) is 0 Å². The molecule has 2 rings (SSSR count). The summed E-state index contributed by atoms with van der Waals surface area (Å²) in [7, 11) is 0. The maximum atomic E-state index is 6.00. The zero-order valence-electron chi connectivity index (χ0n) is 6.86. The Morgan fingerprint density at radius 3 is 2.75 bits per heavy atom. The molecule has 0 bridgehead atoms. The fourth-order valence-electron chi connectivity index (χ4n) is 1.27. The first-order chi connectivity index (χ1) is 5.21. The maximum absolute atomic E-state index is 6.00. The van der Waals surface area contributed by atoms with Crippen LogP contribution in [0.4, 0.5) is 0 Å². The lowest BCUT2D eigenvalue weighted by Crippen LogP contribution is -2.36. The fourth-order valence-corrected chi connectivity index (χ4v) is 1.27. The quantitative estimate of drug-likeness (QED) is 0.756. The van der Waals surface area contributed by atoms with E-state index in [0.717, 1.165) is 0 Å². The largest absolute Gasteiger partial charge is 0.343 e. The molecule has 1 heterocycles. The minimum atomic E-state index is -0.382. The molecule has 5 heteroatoms. The molecule has 0 aliphatic heterocycles. The van der Waals surface area contributed by atoms with Crippen molar-refractivity contribution in [3.8, 4) is 0 Å². The Labute approximate surface area is 76.9 Å². The standard InChI is InChI=1S/C7H11N3O.ClH/c1-7(8,5-2-3-5)6-9-4-11-10-6;/h4-5H,2-3,8H2,1H3;1H. The lowest BCUT2D eigenvalue weighted by atomic mass is 9.97. The highest BCUT2D eigenvalue weighted by Crippen LogP contribution is 2.42. The van der Waals surface area contributed by atoms with E-state index in [9.17, 15) is 0 Å². The van der Waals surface area contributed by atoms with Crippen molar-refractivity contribution in [2.75, 3.05) is 0 Å². The van der Waals surface area contributed by atoms with Crippen LogP contribution >= 0.6 is 12.4 Å². The van der Waals surface area contributed by atoms with Gasteiger partial charge >= 0.3 is 0 Å². The fraction of sp³-hybridized carbons (Fsp3) is 0.714. The smallest absolute Gasteiger partial charge is 0.213 e. The molecular formula is C7H12ClN3O. The van der Waals surface area contributed by atoms with Crippen molar-refractivity contribution >= 4 is 12.4 Å². The van der Waals surface area contributed by atoms with Gasteiger partial charge in [-0.15, -0.1) is 12.4 Å². The molecule has 1 saturated carbocycles. The maximum Gasteiger partial charge on any atom is 0.213 e. The van der Waals surface area contributed by atoms with Crippen LogP contribution in [-0.4, -0.2) is 10.1 Å². The molecule has 0 saturated heterocycles. The number of hydrogen-bond donors (Lipinski definition) is 1. The third-order valence-corrected chi connectivity index (χ3v) is 2.27. The summed E-state index contributed by atoms with van der Waals surface area (Å²) < 4.78 is 4.64. The minimum absolute atomic E-state index is 0. The number of hydrogen-bond acceptors (Lipinski definition) is 4. The van der Waals surface area contributed by atoms with E-state index in [1.807, 2.05) is 6.92 Å². The molecule has 1 aliphatic carbocycles. The second kappa shape index (κ2) is 3.03. The van der Waals surface area contributed by atoms with Crippen molar-refractivity contribution < 1.29 is 4.52 Å². The van der Waals surface area contributed by atoms with Crippen LogP contribution in [-0.2, 0) is 5.54 Å². The highest BCUT2D eigenvalue weighted by molar-refractivity contribution is 5.85. The molecule has 4 nitrogen and oxygen atoms in total. The van der Waals surface area contributed by atoms with Crippen LogP contribution in [0.1, 0.15) is 25.6 Å². The van der Waals surface area contributed by atoms with E-state index in [4.69, 9.17) is 5.73 Å². The van der Waals surface area contributed by atoms with Crippen molar-refractivity contribution in [1.29, 1.82) is 0 Å². The zero-order valence-corrected chi connectivity index (χ0v) is 7.67. The van der Waals surface area contributed by atoms with E-state index in [2.05, 4.69) is 14.7 Å². The van der Waals surface area contributed by atoms with E-state index in [1.54, 1.807) is 0 Å². The predicted molar refractivity (Wildman–Crippen MR) is 45.8 cm³/mol. The molecule has 0 amide bonds. The Kier molecular flexibility index (Phi) is 2.39. The number of aromatic nitrogens is 2. The van der Waals surface area contributed by atoms with Crippen LogP contribution < -0.4 is 5.73 Å². The van der Waals surface area contributed by atoms with Crippen LogP contribution in [0.25, 0.3) is 0 Å². The summed E-state index contributed by atoms with van der Waals surface area (Å²) in [6.45, 7) is 1.95. The molecular weight excluding hydrogens is 178 g/mol. The molecule has 0 aromatic carbocycles. The van der Waals surface area contributed by atoms with Crippen LogP contribution in [0.15, 0.2) is 10.9 Å². The minimum Gasteiger partial charge on any atom is -0.343 e. The average Bonchev–Trinajstić information content (AvgIpc) is 2.66. The molecule has 1 atom stereocenters. The molecule has 1 aromatic rings. The lowest BCUT2D eigenvalue weighted by Gasteiger charge is -2.18. The Morgan fingerprint density at radius 2 is 2.33 bits per heavy atom. The summed E-state index contributed by atoms with van der Waals surface area (Å²) in [5, 5.41) is 3.74. The van der Waals surface area contributed by atoms with Gasteiger partial charge in [0.05, 0.1) is 5.54 Å². The van der Waals surface area contributed by atoms with Crippen LogP contribution in [0.3, 0.4) is 0 Å². The summed E-state index contributed by atoms with van der Waals surface area (Å²) >= 11 is 0. The normalized spacial score (nSPS) is 21.2. The first kappa shape index (κ1) is 9.48. The van der Waals surface area contributed by atoms with Crippen LogP contribution in [0.2, 0.25) is 0 Å². The molecule has 1 aromatic heterocycles. The second-order valence-corrected chi connectivity index (χ2v) is 3.31. The number of rotatable bonds is 2. The van der Waals surface area contributed by atoms with Gasteiger partial charge in [0.25, 0.3) is 0 Å². The molecule has 12 heavy (non-hydrogen) atoms. The van der Waals surface area contributed by atoms with E-state index < -0.39 is 0 Å². The topological polar surface area (TPSA) is 64.9 Å². The second-order valence-electron chi connectivity index (χ2n) is 3.31. The molecule has 1 unspecified atom stereocenters. The van der Waals surface area contributed by atoms with Crippen molar-refractivity contribution in [2.45, 2.75) is 25.3 Å². The summed E-state index contributed by atoms with van der Waals surface area (Å²) in [6.07, 6.45) is 3.69. The van der Waals surface area contributed by atoms with Gasteiger partial charge in [-0.25, -0.2) is 0 Å². The van der Waals surface area contributed by atoms with Gasteiger partial charge in [-0.1, -0.05) is 5.16 Å². The highest BCUT2D eigenvalue weighted by Gasteiger charge is 2.42. The number of nitrogens with zero attached hydrogens (tertiary/aromatic N) is 2. The van der Waals surface area contributed by atoms with E-state index in [1.165, 1.54) is 19.2 Å². The number of nitrogens with two attached hydrogens (primary N) is 1. The van der Waals surface area contributed by atoms with E-state index in [0.29, 0.717) is 11.7 Å². The molecule has 0 radical (unpaired) electrons. The van der Waals surface area contributed by atoms with Crippen molar-refractivity contribution in [3.63, 3.8) is 0 Å². The summed E-state index contributed by atoms with van der Waals surface area (Å²) in [5.74, 6) is 1.17.